The Morgan fingerprint density at radius 2 is 1.45 bits per heavy atom. The molecule has 1 saturated heterocycles. The van der Waals surface area contributed by atoms with Crippen LogP contribution < -0.4 is 5.32 Å². The van der Waals surface area contributed by atoms with Gasteiger partial charge in [0.15, 0.2) is 5.76 Å². The van der Waals surface area contributed by atoms with Gasteiger partial charge in [0.2, 0.25) is 5.91 Å². The van der Waals surface area contributed by atoms with Crippen molar-refractivity contribution >= 4 is 11.8 Å². The number of piperidine rings is 1. The second kappa shape index (κ2) is 8.78. The van der Waals surface area contributed by atoms with Crippen molar-refractivity contribution in [1.29, 1.82) is 0 Å². The molecule has 4 rings (SSSR count). The van der Waals surface area contributed by atoms with E-state index in [0.717, 1.165) is 24.0 Å². The first-order chi connectivity index (χ1) is 14.2. The van der Waals surface area contributed by atoms with Crippen molar-refractivity contribution < 1.29 is 14.0 Å². The number of carbonyl (C=O) groups is 2. The molecule has 0 bridgehead atoms. The lowest BCUT2D eigenvalue weighted by Crippen LogP contribution is -2.47. The van der Waals surface area contributed by atoms with Crippen LogP contribution in [0.25, 0.3) is 0 Å². The molecule has 2 heterocycles. The second-order valence-corrected chi connectivity index (χ2v) is 7.31. The minimum atomic E-state index is -0.347. The number of likely N-dealkylation sites (tertiary alicyclic amines) is 1. The lowest BCUT2D eigenvalue weighted by molar-refractivity contribution is -0.122. The molecule has 29 heavy (non-hydrogen) atoms. The van der Waals surface area contributed by atoms with Gasteiger partial charge in [0.05, 0.1) is 12.2 Å². The van der Waals surface area contributed by atoms with Gasteiger partial charge in [-0.05, 0) is 36.1 Å². The van der Waals surface area contributed by atoms with Crippen molar-refractivity contribution in [2.45, 2.75) is 24.8 Å². The number of benzene rings is 2. The van der Waals surface area contributed by atoms with E-state index in [2.05, 4.69) is 5.32 Å². The summed E-state index contributed by atoms with van der Waals surface area (Å²) in [6, 6.07) is 23.1. The molecule has 0 spiro atoms. The van der Waals surface area contributed by atoms with Crippen molar-refractivity contribution in [2.24, 2.45) is 0 Å². The summed E-state index contributed by atoms with van der Waals surface area (Å²) < 4.78 is 5.21. The molecule has 0 atom stereocenters. The molecule has 1 N–H and O–H groups in total. The van der Waals surface area contributed by atoms with E-state index >= 15 is 0 Å². The molecular weight excluding hydrogens is 364 g/mol. The highest BCUT2D eigenvalue weighted by Crippen LogP contribution is 2.25. The summed E-state index contributed by atoms with van der Waals surface area (Å²) in [4.78, 5) is 27.4. The summed E-state index contributed by atoms with van der Waals surface area (Å²) >= 11 is 0. The van der Waals surface area contributed by atoms with Crippen LogP contribution in [0.5, 0.6) is 0 Å². The van der Waals surface area contributed by atoms with Crippen LogP contribution in [-0.2, 0) is 4.79 Å². The van der Waals surface area contributed by atoms with Crippen LogP contribution in [0, 0.1) is 0 Å². The van der Waals surface area contributed by atoms with E-state index in [1.54, 1.807) is 17.0 Å². The van der Waals surface area contributed by atoms with Gasteiger partial charge in [0, 0.05) is 19.1 Å². The molecule has 1 aliphatic rings. The highest BCUT2D eigenvalue weighted by molar-refractivity contribution is 5.91. The molecule has 1 aromatic heterocycles. The van der Waals surface area contributed by atoms with Gasteiger partial charge in [-0.15, -0.1) is 0 Å². The maximum atomic E-state index is 13.2. The largest absolute Gasteiger partial charge is 0.459 e. The van der Waals surface area contributed by atoms with E-state index in [0.29, 0.717) is 18.8 Å². The average Bonchev–Trinajstić information content (AvgIpc) is 3.30. The van der Waals surface area contributed by atoms with E-state index in [4.69, 9.17) is 4.42 Å². The van der Waals surface area contributed by atoms with E-state index in [1.807, 2.05) is 60.7 Å². The van der Waals surface area contributed by atoms with Gasteiger partial charge < -0.3 is 14.6 Å². The van der Waals surface area contributed by atoms with Crippen LogP contribution in [0.2, 0.25) is 0 Å². The highest BCUT2D eigenvalue weighted by Gasteiger charge is 2.29. The Hall–Kier alpha value is -3.34. The highest BCUT2D eigenvalue weighted by atomic mass is 16.3. The number of amides is 2. The van der Waals surface area contributed by atoms with Gasteiger partial charge in [-0.25, -0.2) is 0 Å². The molecule has 148 valence electrons. The molecular formula is C24H24N2O3. The number of rotatable bonds is 5. The SMILES string of the molecule is O=C(NC1CCN(C(=O)c2ccco2)CC1)C(c1ccccc1)c1ccccc1. The Morgan fingerprint density at radius 3 is 1.97 bits per heavy atom. The summed E-state index contributed by atoms with van der Waals surface area (Å²) in [7, 11) is 0. The third kappa shape index (κ3) is 4.40. The van der Waals surface area contributed by atoms with E-state index < -0.39 is 0 Å². The van der Waals surface area contributed by atoms with Gasteiger partial charge in [0.1, 0.15) is 0 Å². The first-order valence-corrected chi connectivity index (χ1v) is 9.95. The average molecular weight is 388 g/mol. The Balaban J connectivity index is 1.42. The minimum absolute atomic E-state index is 0.00166. The van der Waals surface area contributed by atoms with Crippen molar-refractivity contribution in [1.82, 2.24) is 10.2 Å². The molecule has 1 aliphatic heterocycles. The molecule has 2 amide bonds. The maximum absolute atomic E-state index is 13.2. The zero-order valence-electron chi connectivity index (χ0n) is 16.2. The third-order valence-electron chi connectivity index (χ3n) is 5.39. The van der Waals surface area contributed by atoms with Gasteiger partial charge in [-0.2, -0.15) is 0 Å². The first-order valence-electron chi connectivity index (χ1n) is 9.95. The lowest BCUT2D eigenvalue weighted by atomic mass is 9.90. The Morgan fingerprint density at radius 1 is 0.862 bits per heavy atom. The predicted molar refractivity (Wildman–Crippen MR) is 111 cm³/mol. The summed E-state index contributed by atoms with van der Waals surface area (Å²) in [5.74, 6) is -0.0784. The first kappa shape index (κ1) is 19.0. The monoisotopic (exact) mass is 388 g/mol. The van der Waals surface area contributed by atoms with Gasteiger partial charge in [0.25, 0.3) is 5.91 Å². The molecule has 0 radical (unpaired) electrons. The fraction of sp³-hybridized carbons (Fsp3) is 0.250. The zero-order valence-corrected chi connectivity index (χ0v) is 16.2. The molecule has 2 aromatic carbocycles. The summed E-state index contributed by atoms with van der Waals surface area (Å²) in [6.45, 7) is 1.21. The summed E-state index contributed by atoms with van der Waals surface area (Å²) in [6.07, 6.45) is 2.97. The smallest absolute Gasteiger partial charge is 0.289 e. The zero-order chi connectivity index (χ0) is 20.1. The Labute approximate surface area is 170 Å². The fourth-order valence-electron chi connectivity index (χ4n) is 3.85. The number of carbonyl (C=O) groups excluding carboxylic acids is 2. The number of nitrogens with one attached hydrogen (secondary N) is 1. The van der Waals surface area contributed by atoms with Crippen LogP contribution in [0.3, 0.4) is 0 Å². The number of hydrogen-bond acceptors (Lipinski definition) is 3. The van der Waals surface area contributed by atoms with Gasteiger partial charge in [-0.1, -0.05) is 60.7 Å². The van der Waals surface area contributed by atoms with Crippen LogP contribution in [0.4, 0.5) is 0 Å². The molecule has 5 nitrogen and oxygen atoms in total. The topological polar surface area (TPSA) is 62.6 Å². The predicted octanol–water partition coefficient (Wildman–Crippen LogP) is 3.83. The van der Waals surface area contributed by atoms with Gasteiger partial charge >= 0.3 is 0 Å². The third-order valence-corrected chi connectivity index (χ3v) is 5.39. The normalized spacial score (nSPS) is 14.7. The Bertz CT molecular complexity index is 891. The molecule has 5 heteroatoms. The molecule has 0 saturated carbocycles. The van der Waals surface area contributed by atoms with Crippen molar-refractivity contribution in [2.75, 3.05) is 13.1 Å². The standard InChI is InChI=1S/C24H24N2O3/c27-23(22(18-8-3-1-4-9-18)19-10-5-2-6-11-19)25-20-13-15-26(16-14-20)24(28)21-12-7-17-29-21/h1-12,17,20,22H,13-16H2,(H,25,27). The van der Waals surface area contributed by atoms with Crippen molar-refractivity contribution in [3.05, 3.63) is 95.9 Å². The molecule has 3 aromatic rings. The maximum Gasteiger partial charge on any atom is 0.289 e. The molecule has 1 fully saturated rings. The fourth-order valence-corrected chi connectivity index (χ4v) is 3.85. The number of nitrogens with zero attached hydrogens (tertiary/aromatic N) is 1. The van der Waals surface area contributed by atoms with E-state index in [-0.39, 0.29) is 23.8 Å². The van der Waals surface area contributed by atoms with Crippen LogP contribution in [0.1, 0.15) is 40.4 Å². The van der Waals surface area contributed by atoms with Crippen LogP contribution in [0.15, 0.2) is 83.5 Å². The minimum Gasteiger partial charge on any atom is -0.459 e. The van der Waals surface area contributed by atoms with Gasteiger partial charge in [-0.3, -0.25) is 9.59 Å². The molecule has 0 unspecified atom stereocenters. The molecule has 0 aliphatic carbocycles. The van der Waals surface area contributed by atoms with Crippen LogP contribution in [-0.4, -0.2) is 35.8 Å². The van der Waals surface area contributed by atoms with Crippen molar-refractivity contribution in [3.63, 3.8) is 0 Å². The second-order valence-electron chi connectivity index (χ2n) is 7.31. The lowest BCUT2D eigenvalue weighted by Gasteiger charge is -2.32. The van der Waals surface area contributed by atoms with E-state index in [9.17, 15) is 9.59 Å². The van der Waals surface area contributed by atoms with E-state index in [1.165, 1.54) is 6.26 Å². The number of hydrogen-bond donors (Lipinski definition) is 1. The quantitative estimate of drug-likeness (QED) is 0.722. The summed E-state index contributed by atoms with van der Waals surface area (Å²) in [5.41, 5.74) is 1.95. The van der Waals surface area contributed by atoms with Crippen LogP contribution >= 0.6 is 0 Å². The van der Waals surface area contributed by atoms with Crippen molar-refractivity contribution in [3.8, 4) is 0 Å². The number of furan rings is 1. The Kier molecular flexibility index (Phi) is 5.75. The summed E-state index contributed by atoms with van der Waals surface area (Å²) in [5, 5.41) is 3.21.